The SMILES string of the molecule is CCC/C=C\C/C=C\CCCCCCCC(=O)OCC(COC(=O)CCCCCCCCCCCCCCCCCCCCCCCCCCCCCCC)OC(=O)CCCCCCCCC/C=C\CCCCCCCC. The second-order valence-corrected chi connectivity index (χ2v) is 23.4. The lowest BCUT2D eigenvalue weighted by Gasteiger charge is -2.18. The number of hydrogen-bond donors (Lipinski definition) is 0. The number of carbonyl (C=O) groups excluding carboxylic acids is 3. The minimum absolute atomic E-state index is 0.0743. The lowest BCUT2D eigenvalue weighted by molar-refractivity contribution is -0.167. The van der Waals surface area contributed by atoms with Gasteiger partial charge in [0, 0.05) is 19.3 Å². The highest BCUT2D eigenvalue weighted by atomic mass is 16.6. The first-order chi connectivity index (χ1) is 38.0. The van der Waals surface area contributed by atoms with Crippen molar-refractivity contribution >= 4 is 17.9 Å². The third kappa shape index (κ3) is 64.3. The molecule has 0 saturated heterocycles. The van der Waals surface area contributed by atoms with Gasteiger partial charge in [0.25, 0.3) is 0 Å². The Balaban J connectivity index is 4.16. The van der Waals surface area contributed by atoms with Crippen molar-refractivity contribution in [3.63, 3.8) is 0 Å². The average Bonchev–Trinajstić information content (AvgIpc) is 3.43. The van der Waals surface area contributed by atoms with Gasteiger partial charge in [-0.25, -0.2) is 0 Å². The van der Waals surface area contributed by atoms with Gasteiger partial charge in [-0.3, -0.25) is 14.4 Å². The fourth-order valence-electron chi connectivity index (χ4n) is 10.4. The largest absolute Gasteiger partial charge is 0.462 e. The van der Waals surface area contributed by atoms with E-state index in [1.54, 1.807) is 0 Å². The van der Waals surface area contributed by atoms with Gasteiger partial charge in [0.15, 0.2) is 6.10 Å². The van der Waals surface area contributed by atoms with Crippen LogP contribution in [0.2, 0.25) is 0 Å². The van der Waals surface area contributed by atoms with Gasteiger partial charge in [0.2, 0.25) is 0 Å². The zero-order chi connectivity index (χ0) is 55.7. The molecule has 452 valence electrons. The highest BCUT2D eigenvalue weighted by Gasteiger charge is 2.19. The topological polar surface area (TPSA) is 78.9 Å². The molecule has 0 aromatic heterocycles. The molecule has 0 aliphatic heterocycles. The van der Waals surface area contributed by atoms with Gasteiger partial charge < -0.3 is 14.2 Å². The second-order valence-electron chi connectivity index (χ2n) is 23.4. The number of allylic oxidation sites excluding steroid dienone is 6. The van der Waals surface area contributed by atoms with Crippen molar-refractivity contribution in [2.24, 2.45) is 0 Å². The Bertz CT molecular complexity index is 1290. The van der Waals surface area contributed by atoms with Crippen molar-refractivity contribution in [2.45, 2.75) is 386 Å². The van der Waals surface area contributed by atoms with Crippen LogP contribution in [0.1, 0.15) is 380 Å². The van der Waals surface area contributed by atoms with Crippen molar-refractivity contribution in [2.75, 3.05) is 13.2 Å². The molecule has 1 unspecified atom stereocenters. The second kappa shape index (κ2) is 66.1. The van der Waals surface area contributed by atoms with E-state index in [0.29, 0.717) is 19.3 Å². The quantitative estimate of drug-likeness (QED) is 0.0261. The third-order valence-electron chi connectivity index (χ3n) is 15.6. The molecule has 6 heteroatoms. The van der Waals surface area contributed by atoms with E-state index in [4.69, 9.17) is 14.2 Å². The summed E-state index contributed by atoms with van der Waals surface area (Å²) in [5, 5.41) is 0. The van der Waals surface area contributed by atoms with E-state index < -0.39 is 6.10 Å². The summed E-state index contributed by atoms with van der Waals surface area (Å²) >= 11 is 0. The molecule has 0 amide bonds. The zero-order valence-electron chi connectivity index (χ0n) is 52.0. The molecule has 0 aromatic carbocycles. The standard InChI is InChI=1S/C71H132O6/c1-4-7-10-13-16-19-22-25-27-29-30-31-32-33-34-35-36-37-38-39-40-42-43-46-49-52-55-58-61-64-70(73)76-67-68(66-75-69(72)63-60-57-54-51-48-45-24-21-18-15-12-9-6-3)77-71(74)65-62-59-56-53-50-47-44-41-28-26-23-20-17-14-11-8-5-2/h12,15,21,24,26,28,68H,4-11,13-14,16-20,22-23,25,27,29-67H2,1-3H3/b15-12-,24-21-,28-26-. The van der Waals surface area contributed by atoms with Crippen LogP contribution in [0.5, 0.6) is 0 Å². The molecule has 0 rings (SSSR count). The maximum absolute atomic E-state index is 12.9. The lowest BCUT2D eigenvalue weighted by Crippen LogP contribution is -2.30. The minimum Gasteiger partial charge on any atom is -0.462 e. The van der Waals surface area contributed by atoms with Crippen LogP contribution < -0.4 is 0 Å². The summed E-state index contributed by atoms with van der Waals surface area (Å²) in [5.41, 5.74) is 0. The van der Waals surface area contributed by atoms with Gasteiger partial charge in [-0.1, -0.05) is 327 Å². The van der Waals surface area contributed by atoms with Crippen LogP contribution in [-0.4, -0.2) is 37.2 Å². The average molecular weight is 1080 g/mol. The van der Waals surface area contributed by atoms with Crippen LogP contribution in [0.4, 0.5) is 0 Å². The summed E-state index contributed by atoms with van der Waals surface area (Å²) in [4.78, 5) is 38.3. The van der Waals surface area contributed by atoms with Crippen LogP contribution >= 0.6 is 0 Å². The molecule has 77 heavy (non-hydrogen) atoms. The maximum atomic E-state index is 12.9. The molecule has 1 atom stereocenters. The molecular formula is C71H132O6. The van der Waals surface area contributed by atoms with E-state index in [9.17, 15) is 14.4 Å². The number of ether oxygens (including phenoxy) is 3. The van der Waals surface area contributed by atoms with Gasteiger partial charge in [0.1, 0.15) is 13.2 Å². The molecule has 0 radical (unpaired) electrons. The first-order valence-corrected chi connectivity index (χ1v) is 34.5. The van der Waals surface area contributed by atoms with Gasteiger partial charge in [-0.15, -0.1) is 0 Å². The minimum atomic E-state index is -0.779. The van der Waals surface area contributed by atoms with Gasteiger partial charge in [-0.2, -0.15) is 0 Å². The third-order valence-corrected chi connectivity index (χ3v) is 15.6. The highest BCUT2D eigenvalue weighted by molar-refractivity contribution is 5.71. The van der Waals surface area contributed by atoms with Crippen LogP contribution in [-0.2, 0) is 28.6 Å². The number of esters is 3. The van der Waals surface area contributed by atoms with E-state index in [1.807, 2.05) is 0 Å². The van der Waals surface area contributed by atoms with Crippen molar-refractivity contribution in [3.05, 3.63) is 36.5 Å². The summed E-state index contributed by atoms with van der Waals surface area (Å²) in [6, 6.07) is 0. The van der Waals surface area contributed by atoms with Crippen molar-refractivity contribution < 1.29 is 28.6 Å². The van der Waals surface area contributed by atoms with Gasteiger partial charge >= 0.3 is 17.9 Å². The Morgan fingerprint density at radius 2 is 0.494 bits per heavy atom. The molecule has 0 aromatic rings. The number of unbranched alkanes of at least 4 members (excludes halogenated alkanes) is 47. The molecular weight excluding hydrogens is 949 g/mol. The van der Waals surface area contributed by atoms with Crippen LogP contribution in [0, 0.1) is 0 Å². The number of rotatable bonds is 64. The Morgan fingerprint density at radius 3 is 0.779 bits per heavy atom. The summed E-state index contributed by atoms with van der Waals surface area (Å²) in [5.74, 6) is -0.869. The van der Waals surface area contributed by atoms with E-state index in [1.165, 1.54) is 257 Å². The Kier molecular flexibility index (Phi) is 64.1. The van der Waals surface area contributed by atoms with Crippen molar-refractivity contribution in [3.8, 4) is 0 Å². The van der Waals surface area contributed by atoms with E-state index >= 15 is 0 Å². The van der Waals surface area contributed by atoms with Crippen LogP contribution in [0.3, 0.4) is 0 Å². The van der Waals surface area contributed by atoms with E-state index in [2.05, 4.69) is 57.2 Å². The van der Waals surface area contributed by atoms with Crippen LogP contribution in [0.15, 0.2) is 36.5 Å². The van der Waals surface area contributed by atoms with Crippen molar-refractivity contribution in [1.29, 1.82) is 0 Å². The maximum Gasteiger partial charge on any atom is 0.306 e. The van der Waals surface area contributed by atoms with Gasteiger partial charge in [0.05, 0.1) is 0 Å². The zero-order valence-corrected chi connectivity index (χ0v) is 52.0. The molecule has 0 aliphatic carbocycles. The number of carbonyl (C=O) groups is 3. The normalized spacial score (nSPS) is 12.2. The Morgan fingerprint density at radius 1 is 0.260 bits per heavy atom. The summed E-state index contributed by atoms with van der Waals surface area (Å²) < 4.78 is 16.9. The van der Waals surface area contributed by atoms with Gasteiger partial charge in [-0.05, 0) is 70.6 Å². The molecule has 0 N–H and O–H groups in total. The molecule has 0 bridgehead atoms. The highest BCUT2D eigenvalue weighted by Crippen LogP contribution is 2.18. The molecule has 0 fully saturated rings. The predicted molar refractivity (Wildman–Crippen MR) is 335 cm³/mol. The first-order valence-electron chi connectivity index (χ1n) is 34.5. The Hall–Kier alpha value is -2.37. The summed E-state index contributed by atoms with van der Waals surface area (Å²) in [6.07, 6.45) is 81.8. The Labute approximate surface area is 480 Å². The van der Waals surface area contributed by atoms with Crippen LogP contribution in [0.25, 0.3) is 0 Å². The monoisotopic (exact) mass is 1080 g/mol. The first kappa shape index (κ1) is 74.6. The lowest BCUT2D eigenvalue weighted by atomic mass is 10.0. The smallest absolute Gasteiger partial charge is 0.306 e. The van der Waals surface area contributed by atoms with Crippen molar-refractivity contribution in [1.82, 2.24) is 0 Å². The fourth-order valence-corrected chi connectivity index (χ4v) is 10.4. The summed E-state index contributed by atoms with van der Waals surface area (Å²) in [7, 11) is 0. The molecule has 6 nitrogen and oxygen atoms in total. The molecule has 0 heterocycles. The molecule has 0 spiro atoms. The fraction of sp³-hybridized carbons (Fsp3) is 0.873. The summed E-state index contributed by atoms with van der Waals surface area (Å²) in [6.45, 7) is 6.62. The van der Waals surface area contributed by atoms with E-state index in [0.717, 1.165) is 83.5 Å². The molecule has 0 saturated carbocycles. The number of hydrogen-bond acceptors (Lipinski definition) is 6. The van der Waals surface area contributed by atoms with E-state index in [-0.39, 0.29) is 31.1 Å². The molecule has 0 aliphatic rings. The predicted octanol–water partition coefficient (Wildman–Crippen LogP) is 23.6.